The third-order valence-electron chi connectivity index (χ3n) is 4.70. The SMILES string of the molecule is COc1cc(OC)cc(C2=NN(S(C)(=O)=O)C(c3ccc(OC)cc3OC)C2)c1. The van der Waals surface area contributed by atoms with Gasteiger partial charge in [-0.15, -0.1) is 0 Å². The summed E-state index contributed by atoms with van der Waals surface area (Å²) in [5.41, 5.74) is 2.03. The van der Waals surface area contributed by atoms with E-state index in [2.05, 4.69) is 5.10 Å². The van der Waals surface area contributed by atoms with E-state index in [1.165, 1.54) is 7.11 Å². The quantitative estimate of drug-likeness (QED) is 0.685. The molecule has 0 aliphatic carbocycles. The highest BCUT2D eigenvalue weighted by molar-refractivity contribution is 7.88. The minimum atomic E-state index is -3.62. The molecule has 0 radical (unpaired) electrons. The van der Waals surface area contributed by atoms with E-state index >= 15 is 0 Å². The largest absolute Gasteiger partial charge is 0.497 e. The fourth-order valence-electron chi connectivity index (χ4n) is 3.27. The lowest BCUT2D eigenvalue weighted by Gasteiger charge is -2.23. The topological polar surface area (TPSA) is 86.7 Å². The molecule has 0 saturated heterocycles. The van der Waals surface area contributed by atoms with Crippen LogP contribution in [0.2, 0.25) is 0 Å². The van der Waals surface area contributed by atoms with E-state index in [0.717, 1.165) is 16.2 Å². The molecule has 156 valence electrons. The second-order valence-electron chi connectivity index (χ2n) is 6.51. The Kier molecular flexibility index (Phi) is 5.88. The fraction of sp³-hybridized carbons (Fsp3) is 0.350. The van der Waals surface area contributed by atoms with Gasteiger partial charge in [0.2, 0.25) is 10.0 Å². The molecule has 0 amide bonds. The Hall–Kier alpha value is -2.94. The van der Waals surface area contributed by atoms with Crippen molar-refractivity contribution in [1.82, 2.24) is 4.41 Å². The van der Waals surface area contributed by atoms with Crippen molar-refractivity contribution >= 4 is 15.7 Å². The Morgan fingerprint density at radius 2 is 1.52 bits per heavy atom. The van der Waals surface area contributed by atoms with Gasteiger partial charge in [0.1, 0.15) is 23.0 Å². The molecule has 1 unspecified atom stereocenters. The van der Waals surface area contributed by atoms with Gasteiger partial charge in [-0.3, -0.25) is 0 Å². The molecule has 29 heavy (non-hydrogen) atoms. The van der Waals surface area contributed by atoms with Crippen LogP contribution in [0.1, 0.15) is 23.6 Å². The van der Waals surface area contributed by atoms with Gasteiger partial charge in [0.15, 0.2) is 0 Å². The zero-order valence-corrected chi connectivity index (χ0v) is 17.8. The predicted molar refractivity (Wildman–Crippen MR) is 110 cm³/mol. The molecule has 1 heterocycles. The molecule has 1 aliphatic heterocycles. The minimum absolute atomic E-state index is 0.367. The Bertz CT molecular complexity index is 1010. The molecular weight excluding hydrogens is 396 g/mol. The second kappa shape index (κ2) is 8.20. The molecule has 2 aromatic carbocycles. The van der Waals surface area contributed by atoms with Gasteiger partial charge in [-0.2, -0.15) is 9.52 Å². The van der Waals surface area contributed by atoms with E-state index in [1.807, 2.05) is 0 Å². The maximum atomic E-state index is 12.5. The average Bonchev–Trinajstić information content (AvgIpc) is 3.18. The van der Waals surface area contributed by atoms with E-state index < -0.39 is 16.1 Å². The number of hydrogen-bond donors (Lipinski definition) is 0. The van der Waals surface area contributed by atoms with Gasteiger partial charge in [-0.05, 0) is 24.3 Å². The first-order valence-corrected chi connectivity index (χ1v) is 10.7. The van der Waals surface area contributed by atoms with Crippen LogP contribution in [-0.2, 0) is 10.0 Å². The third-order valence-corrected chi connectivity index (χ3v) is 5.71. The molecule has 9 heteroatoms. The Morgan fingerprint density at radius 1 is 0.897 bits per heavy atom. The van der Waals surface area contributed by atoms with Crippen LogP contribution in [0, 0.1) is 0 Å². The van der Waals surface area contributed by atoms with Crippen LogP contribution in [0.15, 0.2) is 41.5 Å². The number of benzene rings is 2. The maximum Gasteiger partial charge on any atom is 0.247 e. The first-order chi connectivity index (χ1) is 13.8. The van der Waals surface area contributed by atoms with Crippen LogP contribution in [0.5, 0.6) is 23.0 Å². The molecule has 2 aromatic rings. The number of rotatable bonds is 7. The lowest BCUT2D eigenvalue weighted by molar-refractivity contribution is 0.348. The van der Waals surface area contributed by atoms with Crippen LogP contribution in [-0.4, -0.2) is 53.2 Å². The summed E-state index contributed by atoms with van der Waals surface area (Å²) >= 11 is 0. The van der Waals surface area contributed by atoms with Crippen LogP contribution in [0.4, 0.5) is 0 Å². The molecule has 3 rings (SSSR count). The number of hydrogen-bond acceptors (Lipinski definition) is 7. The van der Waals surface area contributed by atoms with Crippen LogP contribution >= 0.6 is 0 Å². The average molecular weight is 420 g/mol. The van der Waals surface area contributed by atoms with Crippen molar-refractivity contribution in [2.45, 2.75) is 12.5 Å². The number of sulfonamides is 1. The highest BCUT2D eigenvalue weighted by Gasteiger charge is 2.36. The van der Waals surface area contributed by atoms with Gasteiger partial charge in [0.05, 0.1) is 46.4 Å². The zero-order valence-electron chi connectivity index (χ0n) is 17.0. The number of hydrazone groups is 1. The van der Waals surface area contributed by atoms with Crippen molar-refractivity contribution in [3.63, 3.8) is 0 Å². The number of methoxy groups -OCH3 is 4. The first kappa shape index (κ1) is 20.8. The van der Waals surface area contributed by atoms with Crippen LogP contribution < -0.4 is 18.9 Å². The molecular formula is C20H24N2O6S. The first-order valence-electron chi connectivity index (χ1n) is 8.83. The molecule has 0 aromatic heterocycles. The van der Waals surface area contributed by atoms with Crippen molar-refractivity contribution in [2.75, 3.05) is 34.7 Å². The molecule has 0 bridgehead atoms. The normalized spacial score (nSPS) is 16.4. The summed E-state index contributed by atoms with van der Waals surface area (Å²) in [6, 6.07) is 10.1. The highest BCUT2D eigenvalue weighted by Crippen LogP contribution is 2.40. The van der Waals surface area contributed by atoms with E-state index in [9.17, 15) is 8.42 Å². The number of ether oxygens (including phenoxy) is 4. The lowest BCUT2D eigenvalue weighted by atomic mass is 9.98. The molecule has 0 spiro atoms. The molecule has 1 aliphatic rings. The van der Waals surface area contributed by atoms with E-state index in [0.29, 0.717) is 40.7 Å². The summed E-state index contributed by atoms with van der Waals surface area (Å²) in [6.07, 6.45) is 1.50. The summed E-state index contributed by atoms with van der Waals surface area (Å²) in [7, 11) is 2.59. The van der Waals surface area contributed by atoms with Gasteiger partial charge >= 0.3 is 0 Å². The van der Waals surface area contributed by atoms with E-state index in [-0.39, 0.29) is 0 Å². The lowest BCUT2D eigenvalue weighted by Crippen LogP contribution is -2.26. The molecule has 0 fully saturated rings. The van der Waals surface area contributed by atoms with Crippen molar-refractivity contribution in [3.8, 4) is 23.0 Å². The molecule has 8 nitrogen and oxygen atoms in total. The van der Waals surface area contributed by atoms with Gasteiger partial charge in [0.25, 0.3) is 0 Å². The van der Waals surface area contributed by atoms with Crippen molar-refractivity contribution in [3.05, 3.63) is 47.5 Å². The molecule has 1 atom stereocenters. The monoisotopic (exact) mass is 420 g/mol. The highest BCUT2D eigenvalue weighted by atomic mass is 32.2. The summed E-state index contributed by atoms with van der Waals surface area (Å²) in [4.78, 5) is 0. The third kappa shape index (κ3) is 4.24. The van der Waals surface area contributed by atoms with Gasteiger partial charge < -0.3 is 18.9 Å². The summed E-state index contributed by atoms with van der Waals surface area (Å²) in [5, 5.41) is 4.42. The summed E-state index contributed by atoms with van der Waals surface area (Å²) < 4.78 is 47.4. The Balaban J connectivity index is 2.07. The van der Waals surface area contributed by atoms with Crippen molar-refractivity contribution in [1.29, 1.82) is 0 Å². The van der Waals surface area contributed by atoms with Gasteiger partial charge in [-0.1, -0.05) is 0 Å². The van der Waals surface area contributed by atoms with Crippen LogP contribution in [0.3, 0.4) is 0 Å². The Labute approximate surface area is 170 Å². The summed E-state index contributed by atoms with van der Waals surface area (Å²) in [6.45, 7) is 0. The predicted octanol–water partition coefficient (Wildman–Crippen LogP) is 2.83. The van der Waals surface area contributed by atoms with Gasteiger partial charge in [0, 0.05) is 29.7 Å². The standard InChI is InChI=1S/C20H24N2O6S/c1-25-14-6-7-17(20(11-14)28-4)19-12-18(21-22(19)29(5,23)24)13-8-15(26-2)10-16(9-13)27-3/h6-11,19H,12H2,1-5H3. The van der Waals surface area contributed by atoms with Crippen molar-refractivity contribution in [2.24, 2.45) is 5.10 Å². The Morgan fingerprint density at radius 3 is 2.03 bits per heavy atom. The zero-order chi connectivity index (χ0) is 21.2. The summed E-state index contributed by atoms with van der Waals surface area (Å²) in [5.74, 6) is 2.34. The minimum Gasteiger partial charge on any atom is -0.497 e. The van der Waals surface area contributed by atoms with Crippen molar-refractivity contribution < 1.29 is 27.4 Å². The molecule has 0 N–H and O–H groups in total. The second-order valence-corrected chi connectivity index (χ2v) is 8.35. The van der Waals surface area contributed by atoms with Gasteiger partial charge in [-0.25, -0.2) is 8.42 Å². The maximum absolute atomic E-state index is 12.5. The van der Waals surface area contributed by atoms with E-state index in [4.69, 9.17) is 18.9 Å². The molecule has 0 saturated carbocycles. The van der Waals surface area contributed by atoms with Crippen LogP contribution in [0.25, 0.3) is 0 Å². The smallest absolute Gasteiger partial charge is 0.247 e. The number of nitrogens with zero attached hydrogens (tertiary/aromatic N) is 2. The fourth-order valence-corrected chi connectivity index (χ4v) is 4.17. The van der Waals surface area contributed by atoms with E-state index in [1.54, 1.807) is 57.7 Å².